The molecule has 162 valence electrons. The van der Waals surface area contributed by atoms with Crippen LogP contribution in [0.1, 0.15) is 47.9 Å². The van der Waals surface area contributed by atoms with Crippen molar-refractivity contribution in [2.24, 2.45) is 0 Å². The number of carbonyl (C=O) groups excluding carboxylic acids is 1. The predicted molar refractivity (Wildman–Crippen MR) is 119 cm³/mol. The first kappa shape index (κ1) is 22.3. The molecule has 0 atom stereocenters. The Kier molecular flexibility index (Phi) is 8.72. The molecule has 1 heterocycles. The van der Waals surface area contributed by atoms with Gasteiger partial charge in [0.2, 0.25) is 5.91 Å². The van der Waals surface area contributed by atoms with E-state index in [2.05, 4.69) is 53.5 Å². The number of hydrogen-bond acceptors (Lipinski definition) is 4. The molecule has 0 spiro atoms. The lowest BCUT2D eigenvalue weighted by molar-refractivity contribution is -0.122. The average molecular weight is 411 g/mol. The molecule has 0 saturated heterocycles. The van der Waals surface area contributed by atoms with Crippen LogP contribution in [0, 0.1) is 6.92 Å². The van der Waals surface area contributed by atoms with Gasteiger partial charge in [-0.15, -0.1) is 0 Å². The number of carbonyl (C=O) groups is 1. The molecular formula is C25H34N2O3. The zero-order valence-electron chi connectivity index (χ0n) is 18.0. The standard InChI is InChI=1S/C25H34N2O3/c1-20-7-5-8-22(15-20)17-27-18-23-16-21(9-6-13-28)10-11-24(23)30-14-4-2-3-12-26-25(29)19-27/h5,7-8,10-11,15-16,28H,2-4,6,9,12-14,17-19H2,1H3,(H,26,29). The van der Waals surface area contributed by atoms with E-state index in [9.17, 15) is 9.90 Å². The van der Waals surface area contributed by atoms with Gasteiger partial charge in [-0.3, -0.25) is 9.69 Å². The molecule has 5 heteroatoms. The van der Waals surface area contributed by atoms with Gasteiger partial charge in [-0.1, -0.05) is 42.0 Å². The zero-order chi connectivity index (χ0) is 21.2. The molecular weight excluding hydrogens is 376 g/mol. The van der Waals surface area contributed by atoms with Crippen LogP contribution >= 0.6 is 0 Å². The lowest BCUT2D eigenvalue weighted by Gasteiger charge is -2.24. The minimum Gasteiger partial charge on any atom is -0.493 e. The van der Waals surface area contributed by atoms with Gasteiger partial charge in [0, 0.05) is 31.8 Å². The topological polar surface area (TPSA) is 61.8 Å². The van der Waals surface area contributed by atoms with E-state index in [-0.39, 0.29) is 12.5 Å². The van der Waals surface area contributed by atoms with Crippen molar-refractivity contribution in [3.63, 3.8) is 0 Å². The number of ether oxygens (including phenoxy) is 1. The van der Waals surface area contributed by atoms with Gasteiger partial charge in [0.25, 0.3) is 0 Å². The molecule has 5 nitrogen and oxygen atoms in total. The second-order valence-electron chi connectivity index (χ2n) is 8.16. The fourth-order valence-electron chi connectivity index (χ4n) is 3.89. The van der Waals surface area contributed by atoms with Crippen molar-refractivity contribution in [2.45, 2.75) is 52.1 Å². The van der Waals surface area contributed by atoms with Crippen molar-refractivity contribution >= 4 is 5.91 Å². The Morgan fingerprint density at radius 2 is 1.97 bits per heavy atom. The average Bonchev–Trinajstić information content (AvgIpc) is 2.73. The van der Waals surface area contributed by atoms with Crippen LogP contribution in [0.3, 0.4) is 0 Å². The quantitative estimate of drug-likeness (QED) is 0.791. The number of hydrogen-bond donors (Lipinski definition) is 2. The first-order valence-electron chi connectivity index (χ1n) is 11.0. The highest BCUT2D eigenvalue weighted by molar-refractivity contribution is 5.78. The van der Waals surface area contributed by atoms with Gasteiger partial charge in [-0.05, 0) is 56.2 Å². The summed E-state index contributed by atoms with van der Waals surface area (Å²) in [6, 6.07) is 14.7. The molecule has 0 bridgehead atoms. The van der Waals surface area contributed by atoms with E-state index >= 15 is 0 Å². The Morgan fingerprint density at radius 3 is 2.80 bits per heavy atom. The highest BCUT2D eigenvalue weighted by Gasteiger charge is 2.16. The molecule has 0 unspecified atom stereocenters. The van der Waals surface area contributed by atoms with Gasteiger partial charge in [0.05, 0.1) is 13.2 Å². The van der Waals surface area contributed by atoms with Gasteiger partial charge >= 0.3 is 0 Å². The van der Waals surface area contributed by atoms with E-state index < -0.39 is 0 Å². The Morgan fingerprint density at radius 1 is 1.07 bits per heavy atom. The maximum Gasteiger partial charge on any atom is 0.234 e. The molecule has 0 radical (unpaired) electrons. The Balaban J connectivity index is 1.86. The lowest BCUT2D eigenvalue weighted by Crippen LogP contribution is -2.37. The number of benzene rings is 2. The number of aryl methyl sites for hydroxylation is 2. The maximum absolute atomic E-state index is 12.6. The molecule has 1 aliphatic heterocycles. The third kappa shape index (κ3) is 7.15. The Bertz CT molecular complexity index is 822. The second kappa shape index (κ2) is 11.7. The van der Waals surface area contributed by atoms with Crippen LogP contribution in [-0.2, 0) is 24.3 Å². The third-order valence-electron chi connectivity index (χ3n) is 5.40. The molecule has 0 saturated carbocycles. The molecule has 0 aromatic heterocycles. The molecule has 2 N–H and O–H groups in total. The van der Waals surface area contributed by atoms with Crippen LogP contribution in [0.2, 0.25) is 0 Å². The molecule has 1 amide bonds. The van der Waals surface area contributed by atoms with Crippen molar-refractivity contribution in [3.8, 4) is 5.75 Å². The van der Waals surface area contributed by atoms with E-state index in [1.807, 2.05) is 6.07 Å². The third-order valence-corrected chi connectivity index (χ3v) is 5.40. The second-order valence-corrected chi connectivity index (χ2v) is 8.16. The molecule has 2 aromatic carbocycles. The van der Waals surface area contributed by atoms with Crippen LogP contribution in [-0.4, -0.2) is 42.2 Å². The lowest BCUT2D eigenvalue weighted by atomic mass is 10.0. The fraction of sp³-hybridized carbons (Fsp3) is 0.480. The minimum absolute atomic E-state index is 0.0702. The summed E-state index contributed by atoms with van der Waals surface area (Å²) in [5.74, 6) is 0.970. The smallest absolute Gasteiger partial charge is 0.234 e. The van der Waals surface area contributed by atoms with Crippen LogP contribution < -0.4 is 10.1 Å². The summed E-state index contributed by atoms with van der Waals surface area (Å²) in [6.07, 6.45) is 4.57. The maximum atomic E-state index is 12.6. The van der Waals surface area contributed by atoms with Crippen LogP contribution in [0.4, 0.5) is 0 Å². The number of aliphatic hydroxyl groups is 1. The summed E-state index contributed by atoms with van der Waals surface area (Å²) in [6.45, 7) is 5.39. The van der Waals surface area contributed by atoms with Crippen molar-refractivity contribution < 1.29 is 14.6 Å². The van der Waals surface area contributed by atoms with Crippen molar-refractivity contribution in [1.29, 1.82) is 0 Å². The van der Waals surface area contributed by atoms with Gasteiger partial charge in [0.15, 0.2) is 0 Å². The number of fused-ring (bicyclic) bond motifs is 1. The van der Waals surface area contributed by atoms with Crippen LogP contribution in [0.25, 0.3) is 0 Å². The molecule has 1 aliphatic rings. The number of nitrogens with zero attached hydrogens (tertiary/aromatic N) is 1. The van der Waals surface area contributed by atoms with Crippen LogP contribution in [0.5, 0.6) is 5.75 Å². The van der Waals surface area contributed by atoms with Crippen LogP contribution in [0.15, 0.2) is 42.5 Å². The highest BCUT2D eigenvalue weighted by Crippen LogP contribution is 2.24. The molecule has 30 heavy (non-hydrogen) atoms. The zero-order valence-corrected chi connectivity index (χ0v) is 18.0. The van der Waals surface area contributed by atoms with Gasteiger partial charge < -0.3 is 15.2 Å². The number of amides is 1. The Hall–Kier alpha value is -2.37. The van der Waals surface area contributed by atoms with E-state index in [1.54, 1.807) is 0 Å². The predicted octanol–water partition coefficient (Wildman–Crippen LogP) is 3.60. The van der Waals surface area contributed by atoms with Crippen molar-refractivity contribution in [2.75, 3.05) is 26.3 Å². The summed E-state index contributed by atoms with van der Waals surface area (Å²) >= 11 is 0. The molecule has 0 fully saturated rings. The van der Waals surface area contributed by atoms with E-state index in [4.69, 9.17) is 4.74 Å². The van der Waals surface area contributed by atoms with E-state index in [0.29, 0.717) is 26.2 Å². The van der Waals surface area contributed by atoms with E-state index in [0.717, 1.165) is 50.0 Å². The number of nitrogens with one attached hydrogen (secondary N) is 1. The first-order chi connectivity index (χ1) is 14.6. The summed E-state index contributed by atoms with van der Waals surface area (Å²) < 4.78 is 6.12. The number of rotatable bonds is 5. The minimum atomic E-state index is 0.0702. The fourth-order valence-corrected chi connectivity index (χ4v) is 3.89. The van der Waals surface area contributed by atoms with Crippen molar-refractivity contribution in [1.82, 2.24) is 10.2 Å². The monoisotopic (exact) mass is 410 g/mol. The highest BCUT2D eigenvalue weighted by atomic mass is 16.5. The summed E-state index contributed by atoms with van der Waals surface area (Å²) in [7, 11) is 0. The largest absolute Gasteiger partial charge is 0.493 e. The van der Waals surface area contributed by atoms with Gasteiger partial charge in [0.1, 0.15) is 5.75 Å². The summed E-state index contributed by atoms with van der Waals surface area (Å²) in [4.78, 5) is 14.7. The van der Waals surface area contributed by atoms with E-state index in [1.165, 1.54) is 16.7 Å². The van der Waals surface area contributed by atoms with Gasteiger partial charge in [-0.25, -0.2) is 0 Å². The molecule has 3 rings (SSSR count). The molecule has 2 aromatic rings. The number of aliphatic hydroxyl groups excluding tert-OH is 1. The normalized spacial score (nSPS) is 16.4. The van der Waals surface area contributed by atoms with Gasteiger partial charge in [-0.2, -0.15) is 0 Å². The summed E-state index contributed by atoms with van der Waals surface area (Å²) in [5, 5.41) is 12.2. The van der Waals surface area contributed by atoms with Crippen molar-refractivity contribution in [3.05, 3.63) is 64.7 Å². The SMILES string of the molecule is Cc1cccc(CN2CC(=O)NCCCCCOc3ccc(CCCO)cc3C2)c1. The molecule has 0 aliphatic carbocycles. The summed E-state index contributed by atoms with van der Waals surface area (Å²) in [5.41, 5.74) is 4.71. The Labute approximate surface area is 180 Å². The first-order valence-corrected chi connectivity index (χ1v) is 11.0.